The average Bonchev–Trinajstić information content (AvgIpc) is 3.59. The second kappa shape index (κ2) is 9.88. The Bertz CT molecular complexity index is 1380. The molecule has 0 radical (unpaired) electrons. The van der Waals surface area contributed by atoms with Gasteiger partial charge in [0, 0.05) is 25.0 Å². The predicted octanol–water partition coefficient (Wildman–Crippen LogP) is 4.39. The minimum atomic E-state index is -1.19. The SMILES string of the molecule is COC1=CC(=CC2=C(C)/C(=C\C(=O)NCc3cccn3C)c3cc(F)ccc32)C=C(OC)C12OCCO2. The van der Waals surface area contributed by atoms with Crippen LogP contribution in [0.4, 0.5) is 4.39 Å². The smallest absolute Gasteiger partial charge is 0.288 e. The molecule has 3 aliphatic rings. The van der Waals surface area contributed by atoms with Gasteiger partial charge in [-0.3, -0.25) is 4.79 Å². The molecule has 5 rings (SSSR count). The first-order valence-corrected chi connectivity index (χ1v) is 12.0. The van der Waals surface area contributed by atoms with Crippen LogP contribution in [-0.4, -0.2) is 43.7 Å². The number of carbonyl (C=O) groups excluding carboxylic acids is 1. The molecule has 1 aromatic carbocycles. The highest BCUT2D eigenvalue weighted by Gasteiger charge is 2.49. The van der Waals surface area contributed by atoms with E-state index in [9.17, 15) is 9.18 Å². The highest BCUT2D eigenvalue weighted by molar-refractivity contribution is 6.08. The van der Waals surface area contributed by atoms with Crippen molar-refractivity contribution in [3.63, 3.8) is 0 Å². The summed E-state index contributed by atoms with van der Waals surface area (Å²) in [5.74, 6) is -0.863. The van der Waals surface area contributed by atoms with Gasteiger partial charge in [0.1, 0.15) is 5.82 Å². The number of hydrogen-bond donors (Lipinski definition) is 1. The Morgan fingerprint density at radius 1 is 1.14 bits per heavy atom. The highest BCUT2D eigenvalue weighted by Crippen LogP contribution is 2.45. The number of carbonyl (C=O) groups is 1. The quantitative estimate of drug-likeness (QED) is 0.591. The van der Waals surface area contributed by atoms with Crippen LogP contribution >= 0.6 is 0 Å². The van der Waals surface area contributed by atoms with Gasteiger partial charge in [-0.15, -0.1) is 0 Å². The number of aryl methyl sites for hydroxylation is 1. The lowest BCUT2D eigenvalue weighted by Crippen LogP contribution is -2.38. The third-order valence-corrected chi connectivity index (χ3v) is 6.83. The molecule has 1 N–H and O–H groups in total. The second-order valence-electron chi connectivity index (χ2n) is 9.00. The molecule has 2 aromatic rings. The van der Waals surface area contributed by atoms with Crippen molar-refractivity contribution in [3.8, 4) is 0 Å². The third kappa shape index (κ3) is 4.43. The van der Waals surface area contributed by atoms with Gasteiger partial charge in [-0.1, -0.05) is 6.07 Å². The Balaban J connectivity index is 1.52. The van der Waals surface area contributed by atoms with Gasteiger partial charge in [0.25, 0.3) is 5.79 Å². The van der Waals surface area contributed by atoms with Crippen LogP contribution in [0.3, 0.4) is 0 Å². The minimum Gasteiger partial charge on any atom is -0.495 e. The number of allylic oxidation sites excluding steroid dienone is 7. The van der Waals surface area contributed by atoms with Gasteiger partial charge in [-0.2, -0.15) is 0 Å². The van der Waals surface area contributed by atoms with E-state index in [2.05, 4.69) is 5.32 Å². The molecule has 1 saturated heterocycles. The number of rotatable bonds is 6. The van der Waals surface area contributed by atoms with E-state index in [0.29, 0.717) is 42.4 Å². The second-order valence-corrected chi connectivity index (χ2v) is 9.00. The zero-order chi connectivity index (χ0) is 26.2. The molecule has 2 heterocycles. The van der Waals surface area contributed by atoms with Crippen molar-refractivity contribution in [2.75, 3.05) is 27.4 Å². The van der Waals surface area contributed by atoms with Crippen LogP contribution in [-0.2, 0) is 37.3 Å². The monoisotopic (exact) mass is 504 g/mol. The van der Waals surface area contributed by atoms with Crippen LogP contribution in [0, 0.1) is 5.82 Å². The van der Waals surface area contributed by atoms with E-state index < -0.39 is 5.79 Å². The van der Waals surface area contributed by atoms with E-state index >= 15 is 0 Å². The van der Waals surface area contributed by atoms with Gasteiger partial charge in [-0.25, -0.2) is 4.39 Å². The first-order valence-electron chi connectivity index (χ1n) is 12.0. The molecule has 7 nitrogen and oxygen atoms in total. The Hall–Kier alpha value is -3.88. The van der Waals surface area contributed by atoms with E-state index in [1.54, 1.807) is 20.3 Å². The van der Waals surface area contributed by atoms with Crippen molar-refractivity contribution >= 4 is 17.1 Å². The van der Waals surface area contributed by atoms with Crippen molar-refractivity contribution in [1.29, 1.82) is 0 Å². The summed E-state index contributed by atoms with van der Waals surface area (Å²) in [6.07, 6.45) is 9.10. The lowest BCUT2D eigenvalue weighted by molar-refractivity contribution is -0.150. The van der Waals surface area contributed by atoms with Gasteiger partial charge >= 0.3 is 0 Å². The van der Waals surface area contributed by atoms with Crippen LogP contribution < -0.4 is 5.32 Å². The third-order valence-electron chi connectivity index (χ3n) is 6.83. The van der Waals surface area contributed by atoms with E-state index in [1.165, 1.54) is 18.2 Å². The fourth-order valence-corrected chi connectivity index (χ4v) is 4.92. The van der Waals surface area contributed by atoms with Gasteiger partial charge in [0.15, 0.2) is 11.5 Å². The maximum absolute atomic E-state index is 14.3. The van der Waals surface area contributed by atoms with Crippen molar-refractivity contribution in [3.05, 3.63) is 106 Å². The Morgan fingerprint density at radius 2 is 1.84 bits per heavy atom. The van der Waals surface area contributed by atoms with Gasteiger partial charge < -0.3 is 28.8 Å². The molecule has 37 heavy (non-hydrogen) atoms. The van der Waals surface area contributed by atoms with Gasteiger partial charge in [-0.05, 0) is 82.8 Å². The summed E-state index contributed by atoms with van der Waals surface area (Å²) in [5, 5.41) is 2.92. The summed E-state index contributed by atoms with van der Waals surface area (Å²) in [7, 11) is 5.04. The Morgan fingerprint density at radius 3 is 2.46 bits per heavy atom. The number of aromatic nitrogens is 1. The van der Waals surface area contributed by atoms with Crippen molar-refractivity contribution in [2.24, 2.45) is 7.05 Å². The molecule has 1 spiro atoms. The lowest BCUT2D eigenvalue weighted by Gasteiger charge is -2.32. The Kier molecular flexibility index (Phi) is 6.62. The molecule has 2 aliphatic carbocycles. The number of fused-ring (bicyclic) bond motifs is 1. The van der Waals surface area contributed by atoms with Crippen LogP contribution in [0.15, 0.2) is 83.5 Å². The van der Waals surface area contributed by atoms with E-state index in [1.807, 2.05) is 55.1 Å². The van der Waals surface area contributed by atoms with Crippen molar-refractivity contribution in [1.82, 2.24) is 9.88 Å². The summed E-state index contributed by atoms with van der Waals surface area (Å²) in [6.45, 7) is 3.16. The lowest BCUT2D eigenvalue weighted by atomic mass is 9.96. The van der Waals surface area contributed by atoms with Crippen LogP contribution in [0.25, 0.3) is 11.1 Å². The number of nitrogens with one attached hydrogen (secondary N) is 1. The molecule has 0 bridgehead atoms. The molecular weight excluding hydrogens is 475 g/mol. The zero-order valence-corrected chi connectivity index (χ0v) is 21.3. The molecule has 1 aromatic heterocycles. The average molecular weight is 505 g/mol. The van der Waals surface area contributed by atoms with Crippen molar-refractivity contribution in [2.45, 2.75) is 19.3 Å². The molecule has 1 fully saturated rings. The van der Waals surface area contributed by atoms with Crippen LogP contribution in [0.5, 0.6) is 0 Å². The largest absolute Gasteiger partial charge is 0.495 e. The van der Waals surface area contributed by atoms with Crippen LogP contribution in [0.1, 0.15) is 23.7 Å². The van der Waals surface area contributed by atoms with Gasteiger partial charge in [0.2, 0.25) is 5.91 Å². The molecule has 0 saturated carbocycles. The molecule has 1 amide bonds. The maximum atomic E-state index is 14.3. The first kappa shape index (κ1) is 24.8. The Labute approximate surface area is 215 Å². The fraction of sp³-hybridized carbons (Fsp3) is 0.276. The number of ether oxygens (including phenoxy) is 4. The number of benzene rings is 1. The molecular formula is C29H29FN2O5. The first-order chi connectivity index (χ1) is 17.9. The number of methoxy groups -OCH3 is 2. The number of halogens is 1. The number of nitrogens with zero attached hydrogens (tertiary/aromatic N) is 1. The summed E-state index contributed by atoms with van der Waals surface area (Å²) in [6, 6.07) is 8.49. The van der Waals surface area contributed by atoms with E-state index in [4.69, 9.17) is 18.9 Å². The number of amides is 1. The molecule has 192 valence electrons. The van der Waals surface area contributed by atoms with E-state index in [0.717, 1.165) is 28.0 Å². The van der Waals surface area contributed by atoms with Crippen molar-refractivity contribution < 1.29 is 28.1 Å². The maximum Gasteiger partial charge on any atom is 0.288 e. The van der Waals surface area contributed by atoms with Gasteiger partial charge in [0.05, 0.1) is 34.0 Å². The standard InChI is InChI=1S/C29H29FN2O5/c1-18-23(12-19-13-26(34-3)29(27(14-19)35-4)36-10-11-37-29)22-8-7-20(30)15-25(22)24(18)16-28(33)31-17-21-6-5-9-32(21)2/h5-9,12-16H,10-11,17H2,1-4H3,(H,31,33)/b24-16+. The molecule has 1 aliphatic heterocycles. The predicted molar refractivity (Wildman–Crippen MR) is 137 cm³/mol. The topological polar surface area (TPSA) is 71.0 Å². The molecule has 0 atom stereocenters. The van der Waals surface area contributed by atoms with Crippen LogP contribution in [0.2, 0.25) is 0 Å². The molecule has 0 unspecified atom stereocenters. The molecule has 8 heteroatoms. The number of hydrogen-bond acceptors (Lipinski definition) is 5. The summed E-state index contributed by atoms with van der Waals surface area (Å²) in [5.41, 5.74) is 5.67. The highest BCUT2D eigenvalue weighted by atomic mass is 19.1. The zero-order valence-electron chi connectivity index (χ0n) is 21.3. The summed E-state index contributed by atoms with van der Waals surface area (Å²) in [4.78, 5) is 12.8. The van der Waals surface area contributed by atoms with E-state index in [-0.39, 0.29) is 11.7 Å². The normalized spacial score (nSPS) is 19.2. The summed E-state index contributed by atoms with van der Waals surface area (Å²) >= 11 is 0. The summed E-state index contributed by atoms with van der Waals surface area (Å²) < 4.78 is 39.2. The minimum absolute atomic E-state index is 0.252. The fourth-order valence-electron chi connectivity index (χ4n) is 4.92.